The fraction of sp³-hybridized carbons (Fsp3) is 0.294. The average molecular weight is 236 g/mol. The summed E-state index contributed by atoms with van der Waals surface area (Å²) < 4.78 is 5.80. The first-order chi connectivity index (χ1) is 8.73. The lowest BCUT2D eigenvalue weighted by Gasteiger charge is -2.19. The third-order valence-electron chi connectivity index (χ3n) is 4.89. The predicted molar refractivity (Wildman–Crippen MR) is 72.7 cm³/mol. The Morgan fingerprint density at radius 3 is 1.83 bits per heavy atom. The molecule has 2 aliphatic carbocycles. The molecule has 1 nitrogen and oxygen atoms in total. The highest BCUT2D eigenvalue weighted by molar-refractivity contribution is 5.84. The fourth-order valence-corrected chi connectivity index (χ4v) is 3.79. The Morgan fingerprint density at radius 2 is 1.39 bits per heavy atom. The van der Waals surface area contributed by atoms with Gasteiger partial charge in [0.25, 0.3) is 0 Å². The lowest BCUT2D eigenvalue weighted by Crippen LogP contribution is -2.22. The zero-order valence-electron chi connectivity index (χ0n) is 10.7. The molecule has 2 aromatic rings. The van der Waals surface area contributed by atoms with Gasteiger partial charge >= 0.3 is 0 Å². The van der Waals surface area contributed by atoms with Crippen LogP contribution in [0, 0.1) is 0 Å². The van der Waals surface area contributed by atoms with Crippen LogP contribution in [-0.2, 0) is 10.2 Å². The molecule has 1 atom stereocenters. The Balaban J connectivity index is 2.07. The minimum Gasteiger partial charge on any atom is -0.377 e. The molecule has 18 heavy (non-hydrogen) atoms. The first kappa shape index (κ1) is 10.3. The molecule has 0 heterocycles. The van der Waals surface area contributed by atoms with Crippen molar-refractivity contribution in [2.75, 3.05) is 7.11 Å². The largest absolute Gasteiger partial charge is 0.377 e. The lowest BCUT2D eigenvalue weighted by atomic mass is 9.90. The molecule has 0 bridgehead atoms. The maximum absolute atomic E-state index is 5.80. The molecule has 0 N–H and O–H groups in total. The van der Waals surface area contributed by atoms with E-state index in [1.54, 1.807) is 0 Å². The Hall–Kier alpha value is -1.60. The summed E-state index contributed by atoms with van der Waals surface area (Å²) in [6, 6.07) is 17.5. The average Bonchev–Trinajstić information content (AvgIpc) is 2.96. The molecule has 0 aliphatic heterocycles. The van der Waals surface area contributed by atoms with E-state index in [1.165, 1.54) is 22.3 Å². The summed E-state index contributed by atoms with van der Waals surface area (Å²) in [5.41, 5.74) is 5.69. The monoisotopic (exact) mass is 236 g/mol. The number of benzene rings is 2. The fourth-order valence-electron chi connectivity index (χ4n) is 3.79. The molecule has 90 valence electrons. The van der Waals surface area contributed by atoms with Gasteiger partial charge in [0.2, 0.25) is 0 Å². The molecule has 4 rings (SSSR count). The summed E-state index contributed by atoms with van der Waals surface area (Å²) in [5, 5.41) is 0. The van der Waals surface area contributed by atoms with Gasteiger partial charge in [0.05, 0.1) is 11.0 Å². The predicted octanol–water partition coefficient (Wildman–Crippen LogP) is 3.76. The van der Waals surface area contributed by atoms with E-state index < -0.39 is 0 Å². The maximum Gasteiger partial charge on any atom is 0.0801 e. The van der Waals surface area contributed by atoms with Crippen molar-refractivity contribution < 1.29 is 4.74 Å². The highest BCUT2D eigenvalue weighted by atomic mass is 16.5. The van der Waals surface area contributed by atoms with Crippen LogP contribution >= 0.6 is 0 Å². The van der Waals surface area contributed by atoms with Gasteiger partial charge in [0.1, 0.15) is 0 Å². The normalized spacial score (nSPS) is 25.9. The van der Waals surface area contributed by atoms with Crippen molar-refractivity contribution in [1.82, 2.24) is 0 Å². The zero-order valence-corrected chi connectivity index (χ0v) is 10.7. The molecule has 1 heteroatoms. The van der Waals surface area contributed by atoms with Crippen LogP contribution in [0.2, 0.25) is 0 Å². The van der Waals surface area contributed by atoms with Crippen molar-refractivity contribution in [3.8, 4) is 11.1 Å². The summed E-state index contributed by atoms with van der Waals surface area (Å²) in [6.07, 6.45) is 1.09. The van der Waals surface area contributed by atoms with Crippen LogP contribution in [0.15, 0.2) is 48.5 Å². The van der Waals surface area contributed by atoms with Gasteiger partial charge in [-0.2, -0.15) is 0 Å². The molecule has 1 unspecified atom stereocenters. The number of methoxy groups -OCH3 is 1. The first-order valence-electron chi connectivity index (χ1n) is 6.47. The summed E-state index contributed by atoms with van der Waals surface area (Å²) in [4.78, 5) is 0. The van der Waals surface area contributed by atoms with Crippen LogP contribution in [0.25, 0.3) is 11.1 Å². The van der Waals surface area contributed by atoms with Gasteiger partial charge in [0, 0.05) is 7.11 Å². The van der Waals surface area contributed by atoms with Gasteiger partial charge in [-0.05, 0) is 35.6 Å². The summed E-state index contributed by atoms with van der Waals surface area (Å²) >= 11 is 0. The van der Waals surface area contributed by atoms with Crippen molar-refractivity contribution in [2.24, 2.45) is 0 Å². The van der Waals surface area contributed by atoms with E-state index in [2.05, 4.69) is 55.5 Å². The molecule has 1 saturated carbocycles. The van der Waals surface area contributed by atoms with Crippen LogP contribution in [0.4, 0.5) is 0 Å². The van der Waals surface area contributed by atoms with Gasteiger partial charge < -0.3 is 4.74 Å². The van der Waals surface area contributed by atoms with Gasteiger partial charge in [-0.1, -0.05) is 48.5 Å². The molecule has 2 aliphatic rings. The Morgan fingerprint density at radius 1 is 0.889 bits per heavy atom. The van der Waals surface area contributed by atoms with Crippen molar-refractivity contribution in [3.63, 3.8) is 0 Å². The van der Waals surface area contributed by atoms with Crippen molar-refractivity contribution in [3.05, 3.63) is 59.7 Å². The Labute approximate surface area is 107 Å². The molecular weight excluding hydrogens is 220 g/mol. The van der Waals surface area contributed by atoms with E-state index in [1.807, 2.05) is 7.11 Å². The number of rotatable bonds is 1. The van der Waals surface area contributed by atoms with E-state index in [4.69, 9.17) is 4.74 Å². The second-order valence-corrected chi connectivity index (χ2v) is 5.61. The lowest BCUT2D eigenvalue weighted by molar-refractivity contribution is 0.0807. The summed E-state index contributed by atoms with van der Waals surface area (Å²) in [7, 11) is 1.83. The van der Waals surface area contributed by atoms with Gasteiger partial charge in [0.15, 0.2) is 0 Å². The Kier molecular flexibility index (Phi) is 1.75. The molecule has 0 amide bonds. The topological polar surface area (TPSA) is 9.23 Å². The molecule has 0 saturated heterocycles. The quantitative estimate of drug-likeness (QED) is 0.732. The number of hydrogen-bond acceptors (Lipinski definition) is 1. The van der Waals surface area contributed by atoms with Gasteiger partial charge in [-0.25, -0.2) is 0 Å². The van der Waals surface area contributed by atoms with Crippen LogP contribution in [-0.4, -0.2) is 12.7 Å². The standard InChI is InChI=1S/C17H16O/c1-16(18-2)11-17(16)14-9-5-3-7-12(14)13-8-4-6-10-15(13)17/h3-10H,11H2,1-2H3. The third-order valence-corrected chi connectivity index (χ3v) is 4.89. The van der Waals surface area contributed by atoms with E-state index in [0.29, 0.717) is 0 Å². The minimum atomic E-state index is -0.0459. The highest BCUT2D eigenvalue weighted by Gasteiger charge is 2.70. The summed E-state index contributed by atoms with van der Waals surface area (Å²) in [5.74, 6) is 0. The van der Waals surface area contributed by atoms with Crippen LogP contribution < -0.4 is 0 Å². The molecule has 1 spiro atoms. The Bertz CT molecular complexity index is 598. The van der Waals surface area contributed by atoms with Crippen molar-refractivity contribution >= 4 is 0 Å². The third kappa shape index (κ3) is 0.942. The van der Waals surface area contributed by atoms with Crippen LogP contribution in [0.3, 0.4) is 0 Å². The minimum absolute atomic E-state index is 0.0459. The number of hydrogen-bond donors (Lipinski definition) is 0. The van der Waals surface area contributed by atoms with Gasteiger partial charge in [-0.15, -0.1) is 0 Å². The second-order valence-electron chi connectivity index (χ2n) is 5.61. The number of fused-ring (bicyclic) bond motifs is 5. The van der Waals surface area contributed by atoms with Crippen LogP contribution in [0.1, 0.15) is 24.5 Å². The second kappa shape index (κ2) is 3.04. The zero-order chi connectivity index (χ0) is 12.4. The summed E-state index contributed by atoms with van der Waals surface area (Å²) in [6.45, 7) is 2.23. The molecule has 0 radical (unpaired) electrons. The van der Waals surface area contributed by atoms with E-state index in [9.17, 15) is 0 Å². The van der Waals surface area contributed by atoms with Crippen LogP contribution in [0.5, 0.6) is 0 Å². The van der Waals surface area contributed by atoms with E-state index in [-0.39, 0.29) is 11.0 Å². The number of ether oxygens (including phenoxy) is 1. The molecule has 0 aromatic heterocycles. The first-order valence-corrected chi connectivity index (χ1v) is 6.47. The molecular formula is C17H16O. The molecule has 1 fully saturated rings. The highest BCUT2D eigenvalue weighted by Crippen LogP contribution is 2.69. The molecule has 2 aromatic carbocycles. The van der Waals surface area contributed by atoms with E-state index in [0.717, 1.165) is 6.42 Å². The van der Waals surface area contributed by atoms with Crippen molar-refractivity contribution in [2.45, 2.75) is 24.4 Å². The smallest absolute Gasteiger partial charge is 0.0801 e. The maximum atomic E-state index is 5.80. The van der Waals surface area contributed by atoms with Crippen molar-refractivity contribution in [1.29, 1.82) is 0 Å². The van der Waals surface area contributed by atoms with E-state index >= 15 is 0 Å². The van der Waals surface area contributed by atoms with Gasteiger partial charge in [-0.3, -0.25) is 0 Å². The SMILES string of the molecule is COC1(C)CC12c1ccccc1-c1ccccc12.